The first-order valence-corrected chi connectivity index (χ1v) is 9.08. The predicted octanol–water partition coefficient (Wildman–Crippen LogP) is 4.55. The first kappa shape index (κ1) is 18.0. The Kier molecular flexibility index (Phi) is 5.21. The number of furan rings is 1. The first-order valence-electron chi connectivity index (χ1n) is 9.08. The molecule has 6 nitrogen and oxygen atoms in total. The van der Waals surface area contributed by atoms with Gasteiger partial charge in [0.05, 0.1) is 19.4 Å². The molecule has 0 saturated carbocycles. The van der Waals surface area contributed by atoms with Crippen molar-refractivity contribution in [3.05, 3.63) is 89.7 Å². The van der Waals surface area contributed by atoms with Gasteiger partial charge in [0.25, 0.3) is 0 Å². The molecule has 28 heavy (non-hydrogen) atoms. The van der Waals surface area contributed by atoms with Gasteiger partial charge in [-0.25, -0.2) is 0 Å². The van der Waals surface area contributed by atoms with Crippen molar-refractivity contribution in [1.82, 2.24) is 15.1 Å². The van der Waals surface area contributed by atoms with Crippen molar-refractivity contribution < 1.29 is 13.9 Å². The summed E-state index contributed by atoms with van der Waals surface area (Å²) in [6, 6.07) is 19.0. The van der Waals surface area contributed by atoms with Crippen LogP contribution < -0.4 is 0 Å². The molecule has 2 heterocycles. The van der Waals surface area contributed by atoms with E-state index in [0.717, 1.165) is 22.5 Å². The van der Waals surface area contributed by atoms with Gasteiger partial charge in [-0.3, -0.25) is 4.90 Å². The normalized spacial score (nSPS) is 11.2. The molecule has 142 valence electrons. The molecular weight excluding hydrogens is 354 g/mol. The monoisotopic (exact) mass is 375 g/mol. The Morgan fingerprint density at radius 2 is 1.82 bits per heavy atom. The molecule has 4 aromatic rings. The summed E-state index contributed by atoms with van der Waals surface area (Å²) in [7, 11) is 0. The van der Waals surface area contributed by atoms with Crippen molar-refractivity contribution in [2.45, 2.75) is 26.6 Å². The highest BCUT2D eigenvalue weighted by Crippen LogP contribution is 2.23. The molecule has 2 aromatic carbocycles. The first-order chi connectivity index (χ1) is 13.7. The molecule has 1 N–H and O–H groups in total. The average Bonchev–Trinajstić information content (AvgIpc) is 3.36. The number of hydrogen-bond donors (Lipinski definition) is 1. The van der Waals surface area contributed by atoms with Gasteiger partial charge >= 0.3 is 0 Å². The van der Waals surface area contributed by atoms with E-state index in [4.69, 9.17) is 8.83 Å². The SMILES string of the molecule is Cc1cccc(-c2nnc(CN(Cc3ccco3)Cc3ccccc3O)o2)c1. The molecule has 0 fully saturated rings. The Morgan fingerprint density at radius 3 is 2.61 bits per heavy atom. The topological polar surface area (TPSA) is 75.5 Å². The molecule has 0 bridgehead atoms. The van der Waals surface area contributed by atoms with Crippen LogP contribution in [-0.2, 0) is 19.6 Å². The van der Waals surface area contributed by atoms with Crippen molar-refractivity contribution in [3.8, 4) is 17.2 Å². The highest BCUT2D eigenvalue weighted by Gasteiger charge is 2.16. The summed E-state index contributed by atoms with van der Waals surface area (Å²) < 4.78 is 11.4. The van der Waals surface area contributed by atoms with E-state index in [1.807, 2.05) is 61.5 Å². The second-order valence-corrected chi connectivity index (χ2v) is 6.72. The molecule has 0 saturated heterocycles. The van der Waals surface area contributed by atoms with E-state index in [-0.39, 0.29) is 5.75 Å². The minimum Gasteiger partial charge on any atom is -0.508 e. The smallest absolute Gasteiger partial charge is 0.247 e. The van der Waals surface area contributed by atoms with Crippen LogP contribution in [0.15, 0.2) is 75.8 Å². The number of aromatic hydroxyl groups is 1. The maximum absolute atomic E-state index is 10.1. The second kappa shape index (κ2) is 8.10. The van der Waals surface area contributed by atoms with E-state index < -0.39 is 0 Å². The Bertz CT molecular complexity index is 1040. The predicted molar refractivity (Wildman–Crippen MR) is 104 cm³/mol. The zero-order valence-electron chi connectivity index (χ0n) is 15.6. The third-order valence-corrected chi connectivity index (χ3v) is 4.44. The van der Waals surface area contributed by atoms with E-state index in [2.05, 4.69) is 15.1 Å². The van der Waals surface area contributed by atoms with Gasteiger partial charge in [0, 0.05) is 17.7 Å². The summed E-state index contributed by atoms with van der Waals surface area (Å²) in [5, 5.41) is 18.5. The van der Waals surface area contributed by atoms with Gasteiger partial charge in [-0.1, -0.05) is 35.9 Å². The zero-order chi connectivity index (χ0) is 19.3. The fraction of sp³-hybridized carbons (Fsp3) is 0.182. The van der Waals surface area contributed by atoms with Crippen molar-refractivity contribution in [3.63, 3.8) is 0 Å². The van der Waals surface area contributed by atoms with Gasteiger partial charge in [0.2, 0.25) is 11.8 Å². The van der Waals surface area contributed by atoms with Crippen LogP contribution in [0.3, 0.4) is 0 Å². The largest absolute Gasteiger partial charge is 0.508 e. The number of aryl methyl sites for hydroxylation is 1. The lowest BCUT2D eigenvalue weighted by atomic mass is 10.1. The summed E-state index contributed by atoms with van der Waals surface area (Å²) in [5.41, 5.74) is 2.86. The number of rotatable bonds is 7. The molecular formula is C22H21N3O3. The molecule has 4 rings (SSSR count). The summed E-state index contributed by atoms with van der Waals surface area (Å²) in [5.74, 6) is 2.10. The molecule has 0 aliphatic carbocycles. The lowest BCUT2D eigenvalue weighted by molar-refractivity contribution is 0.204. The molecule has 0 radical (unpaired) electrons. The van der Waals surface area contributed by atoms with Crippen LogP contribution in [0.25, 0.3) is 11.5 Å². The van der Waals surface area contributed by atoms with Crippen molar-refractivity contribution in [1.29, 1.82) is 0 Å². The molecule has 6 heteroatoms. The van der Waals surface area contributed by atoms with E-state index in [0.29, 0.717) is 31.4 Å². The average molecular weight is 375 g/mol. The number of phenols is 1. The standard InChI is InChI=1S/C22H21N3O3/c1-16-6-4-8-17(12-16)22-24-23-21(28-22)15-25(14-19-9-5-11-27-19)13-18-7-2-3-10-20(18)26/h2-12,26H,13-15H2,1H3. The highest BCUT2D eigenvalue weighted by atomic mass is 16.4. The summed E-state index contributed by atoms with van der Waals surface area (Å²) in [4.78, 5) is 2.08. The van der Waals surface area contributed by atoms with Gasteiger partial charge in [-0.15, -0.1) is 10.2 Å². The minimum atomic E-state index is 0.262. The van der Waals surface area contributed by atoms with Crippen molar-refractivity contribution in [2.24, 2.45) is 0 Å². The molecule has 0 unspecified atom stereocenters. The van der Waals surface area contributed by atoms with Crippen molar-refractivity contribution >= 4 is 0 Å². The van der Waals surface area contributed by atoms with Gasteiger partial charge in [-0.2, -0.15) is 0 Å². The van der Waals surface area contributed by atoms with Crippen LogP contribution in [-0.4, -0.2) is 20.2 Å². The fourth-order valence-electron chi connectivity index (χ4n) is 3.08. The number of phenolic OH excluding ortho intramolecular Hbond substituents is 1. The van der Waals surface area contributed by atoms with Crippen LogP contribution in [0.4, 0.5) is 0 Å². The van der Waals surface area contributed by atoms with E-state index in [1.165, 1.54) is 0 Å². The van der Waals surface area contributed by atoms with Gasteiger partial charge in [0.1, 0.15) is 11.5 Å². The minimum absolute atomic E-state index is 0.262. The van der Waals surface area contributed by atoms with Gasteiger partial charge < -0.3 is 13.9 Å². The van der Waals surface area contributed by atoms with E-state index >= 15 is 0 Å². The Hall–Kier alpha value is -3.38. The van der Waals surface area contributed by atoms with Crippen LogP contribution in [0.1, 0.15) is 22.8 Å². The Balaban J connectivity index is 1.54. The maximum atomic E-state index is 10.1. The summed E-state index contributed by atoms with van der Waals surface area (Å²) in [6.07, 6.45) is 1.65. The number of aromatic nitrogens is 2. The molecule has 0 aliphatic heterocycles. The number of para-hydroxylation sites is 1. The van der Waals surface area contributed by atoms with Crippen LogP contribution >= 0.6 is 0 Å². The molecule has 0 spiro atoms. The number of benzene rings is 2. The lowest BCUT2D eigenvalue weighted by Crippen LogP contribution is -2.22. The Labute approximate surface area is 163 Å². The highest BCUT2D eigenvalue weighted by molar-refractivity contribution is 5.53. The van der Waals surface area contributed by atoms with Gasteiger partial charge in [-0.05, 0) is 37.3 Å². The van der Waals surface area contributed by atoms with E-state index in [9.17, 15) is 5.11 Å². The number of nitrogens with zero attached hydrogens (tertiary/aromatic N) is 3. The summed E-state index contributed by atoms with van der Waals surface area (Å²) >= 11 is 0. The molecule has 2 aromatic heterocycles. The van der Waals surface area contributed by atoms with Crippen LogP contribution in [0.2, 0.25) is 0 Å². The van der Waals surface area contributed by atoms with Crippen molar-refractivity contribution in [2.75, 3.05) is 0 Å². The fourth-order valence-corrected chi connectivity index (χ4v) is 3.08. The molecule has 0 aliphatic rings. The summed E-state index contributed by atoms with van der Waals surface area (Å²) in [6.45, 7) is 3.55. The molecule has 0 amide bonds. The Morgan fingerprint density at radius 1 is 0.929 bits per heavy atom. The van der Waals surface area contributed by atoms with Gasteiger partial charge in [0.15, 0.2) is 0 Å². The number of hydrogen-bond acceptors (Lipinski definition) is 6. The van der Waals surface area contributed by atoms with Crippen LogP contribution in [0, 0.1) is 6.92 Å². The third-order valence-electron chi connectivity index (χ3n) is 4.44. The zero-order valence-corrected chi connectivity index (χ0v) is 15.6. The quantitative estimate of drug-likeness (QED) is 0.511. The van der Waals surface area contributed by atoms with Crippen LogP contribution in [0.5, 0.6) is 5.75 Å². The second-order valence-electron chi connectivity index (χ2n) is 6.72. The lowest BCUT2D eigenvalue weighted by Gasteiger charge is -2.20. The third kappa shape index (κ3) is 4.29. The maximum Gasteiger partial charge on any atom is 0.247 e. The molecule has 0 atom stereocenters. The van der Waals surface area contributed by atoms with E-state index in [1.54, 1.807) is 12.3 Å².